The van der Waals surface area contributed by atoms with Crippen LogP contribution in [0.2, 0.25) is 5.02 Å². The van der Waals surface area contributed by atoms with Crippen molar-refractivity contribution in [2.75, 3.05) is 7.05 Å². The van der Waals surface area contributed by atoms with E-state index in [1.165, 1.54) is 5.56 Å². The summed E-state index contributed by atoms with van der Waals surface area (Å²) in [4.78, 5) is 11.6. The number of hydrogen-bond donors (Lipinski definition) is 1. The molecule has 0 heterocycles. The zero-order valence-corrected chi connectivity index (χ0v) is 13.8. The number of carbonyl (C=O) groups is 1. The minimum Gasteiger partial charge on any atom is -0.489 e. The van der Waals surface area contributed by atoms with Gasteiger partial charge in [-0.1, -0.05) is 41.4 Å². The van der Waals surface area contributed by atoms with Crippen LogP contribution in [0.4, 0.5) is 0 Å². The first-order valence-electron chi connectivity index (χ1n) is 7.18. The molecule has 4 heteroatoms. The maximum Gasteiger partial charge on any atom is 0.224 e. The SMILES string of the molecule is CNC(=O)Cc1cccc(Cl)c1COc1ccc(C)cc1C. The molecule has 2 aromatic carbocycles. The summed E-state index contributed by atoms with van der Waals surface area (Å²) in [6.45, 7) is 4.41. The van der Waals surface area contributed by atoms with E-state index < -0.39 is 0 Å². The van der Waals surface area contributed by atoms with E-state index in [-0.39, 0.29) is 5.91 Å². The van der Waals surface area contributed by atoms with Crippen molar-refractivity contribution in [1.29, 1.82) is 0 Å². The number of benzene rings is 2. The Morgan fingerprint density at radius 2 is 2.00 bits per heavy atom. The molecular weight excluding hydrogens is 298 g/mol. The molecule has 2 rings (SSSR count). The molecular formula is C18H20ClNO2. The highest BCUT2D eigenvalue weighted by Crippen LogP contribution is 2.25. The van der Waals surface area contributed by atoms with Gasteiger partial charge in [-0.05, 0) is 37.1 Å². The largest absolute Gasteiger partial charge is 0.489 e. The third-order valence-corrected chi connectivity index (χ3v) is 3.90. The minimum absolute atomic E-state index is 0.0463. The lowest BCUT2D eigenvalue weighted by Crippen LogP contribution is -2.21. The van der Waals surface area contributed by atoms with Crippen molar-refractivity contribution >= 4 is 17.5 Å². The first kappa shape index (κ1) is 16.4. The van der Waals surface area contributed by atoms with Crippen molar-refractivity contribution in [3.8, 4) is 5.75 Å². The first-order valence-corrected chi connectivity index (χ1v) is 7.56. The Kier molecular flexibility index (Phi) is 5.45. The summed E-state index contributed by atoms with van der Waals surface area (Å²) in [6.07, 6.45) is 0.294. The van der Waals surface area contributed by atoms with Crippen LogP contribution in [0, 0.1) is 13.8 Å². The number of rotatable bonds is 5. The number of halogens is 1. The minimum atomic E-state index is -0.0463. The lowest BCUT2D eigenvalue weighted by atomic mass is 10.0. The molecule has 0 unspecified atom stereocenters. The van der Waals surface area contributed by atoms with Crippen LogP contribution in [0.1, 0.15) is 22.3 Å². The highest BCUT2D eigenvalue weighted by atomic mass is 35.5. The lowest BCUT2D eigenvalue weighted by molar-refractivity contribution is -0.119. The highest BCUT2D eigenvalue weighted by Gasteiger charge is 2.11. The molecule has 0 bridgehead atoms. The van der Waals surface area contributed by atoms with Gasteiger partial charge in [0, 0.05) is 17.6 Å². The predicted molar refractivity (Wildman–Crippen MR) is 89.5 cm³/mol. The quantitative estimate of drug-likeness (QED) is 0.910. The number of nitrogens with one attached hydrogen (secondary N) is 1. The molecule has 0 saturated heterocycles. The molecule has 1 amide bonds. The average molecular weight is 318 g/mol. The maximum atomic E-state index is 11.6. The van der Waals surface area contributed by atoms with Crippen molar-refractivity contribution in [1.82, 2.24) is 5.32 Å². The molecule has 0 radical (unpaired) electrons. The van der Waals surface area contributed by atoms with Crippen LogP contribution in [0.3, 0.4) is 0 Å². The standard InChI is InChI=1S/C18H20ClNO2/c1-12-7-8-17(13(2)9-12)22-11-15-14(10-18(21)20-3)5-4-6-16(15)19/h4-9H,10-11H2,1-3H3,(H,20,21). The molecule has 3 nitrogen and oxygen atoms in total. The average Bonchev–Trinajstić information content (AvgIpc) is 2.48. The number of carbonyl (C=O) groups excluding carboxylic acids is 1. The van der Waals surface area contributed by atoms with Gasteiger partial charge in [-0.3, -0.25) is 4.79 Å². The van der Waals surface area contributed by atoms with Crippen molar-refractivity contribution in [2.45, 2.75) is 26.9 Å². The second-order valence-electron chi connectivity index (χ2n) is 5.29. The zero-order chi connectivity index (χ0) is 16.1. The summed E-state index contributed by atoms with van der Waals surface area (Å²) < 4.78 is 5.90. The Morgan fingerprint density at radius 3 is 2.68 bits per heavy atom. The normalized spacial score (nSPS) is 10.4. The highest BCUT2D eigenvalue weighted by molar-refractivity contribution is 6.31. The Bertz CT molecular complexity index is 683. The van der Waals surface area contributed by atoms with E-state index >= 15 is 0 Å². The lowest BCUT2D eigenvalue weighted by Gasteiger charge is -2.14. The summed E-state index contributed by atoms with van der Waals surface area (Å²) >= 11 is 6.28. The van der Waals surface area contributed by atoms with Crippen LogP contribution >= 0.6 is 11.6 Å². The summed E-state index contributed by atoms with van der Waals surface area (Å²) in [6, 6.07) is 11.6. The second kappa shape index (κ2) is 7.32. The van der Waals surface area contributed by atoms with Gasteiger partial charge in [-0.2, -0.15) is 0 Å². The summed E-state index contributed by atoms with van der Waals surface area (Å²) in [7, 11) is 1.62. The third kappa shape index (κ3) is 4.01. The van der Waals surface area contributed by atoms with Gasteiger partial charge >= 0.3 is 0 Å². The van der Waals surface area contributed by atoms with Gasteiger partial charge in [0.05, 0.1) is 6.42 Å². The van der Waals surface area contributed by atoms with Crippen LogP contribution in [0.25, 0.3) is 0 Å². The number of hydrogen-bond acceptors (Lipinski definition) is 2. The van der Waals surface area contributed by atoms with Crippen LogP contribution < -0.4 is 10.1 Å². The van der Waals surface area contributed by atoms with E-state index in [1.54, 1.807) is 7.05 Å². The van der Waals surface area contributed by atoms with E-state index in [4.69, 9.17) is 16.3 Å². The summed E-state index contributed by atoms with van der Waals surface area (Å²) in [5.74, 6) is 0.784. The van der Waals surface area contributed by atoms with Crippen molar-refractivity contribution in [3.63, 3.8) is 0 Å². The van der Waals surface area contributed by atoms with E-state index in [0.717, 1.165) is 22.4 Å². The molecule has 0 aromatic heterocycles. The maximum absolute atomic E-state index is 11.6. The Balaban J connectivity index is 2.19. The van der Waals surface area contributed by atoms with Gasteiger partial charge in [-0.25, -0.2) is 0 Å². The monoisotopic (exact) mass is 317 g/mol. The van der Waals surface area contributed by atoms with E-state index in [9.17, 15) is 4.79 Å². The first-order chi connectivity index (χ1) is 10.5. The fraction of sp³-hybridized carbons (Fsp3) is 0.278. The van der Waals surface area contributed by atoms with E-state index in [0.29, 0.717) is 18.1 Å². The van der Waals surface area contributed by atoms with Crippen LogP contribution in [-0.2, 0) is 17.8 Å². The molecule has 1 N–H and O–H groups in total. The van der Waals surface area contributed by atoms with Crippen LogP contribution in [0.5, 0.6) is 5.75 Å². The van der Waals surface area contributed by atoms with Gasteiger partial charge in [0.1, 0.15) is 12.4 Å². The van der Waals surface area contributed by atoms with Crippen LogP contribution in [-0.4, -0.2) is 13.0 Å². The van der Waals surface area contributed by atoms with Gasteiger partial charge in [0.25, 0.3) is 0 Å². The van der Waals surface area contributed by atoms with Crippen molar-refractivity contribution in [3.05, 3.63) is 63.7 Å². The molecule has 0 aliphatic carbocycles. The Labute approximate surface area is 136 Å². The predicted octanol–water partition coefficient (Wildman–Crippen LogP) is 3.82. The Hall–Kier alpha value is -2.00. The molecule has 0 saturated carbocycles. The van der Waals surface area contributed by atoms with Crippen LogP contribution in [0.15, 0.2) is 36.4 Å². The number of likely N-dealkylation sites (N-methyl/N-ethyl adjacent to an activating group) is 1. The summed E-state index contributed by atoms with van der Waals surface area (Å²) in [5, 5.41) is 3.24. The molecule has 0 aliphatic rings. The Morgan fingerprint density at radius 1 is 1.23 bits per heavy atom. The molecule has 0 spiro atoms. The summed E-state index contributed by atoms with van der Waals surface area (Å²) in [5.41, 5.74) is 4.02. The fourth-order valence-corrected chi connectivity index (χ4v) is 2.55. The van der Waals surface area contributed by atoms with E-state index in [1.807, 2.05) is 44.2 Å². The van der Waals surface area contributed by atoms with Gasteiger partial charge < -0.3 is 10.1 Å². The van der Waals surface area contributed by atoms with Crippen molar-refractivity contribution < 1.29 is 9.53 Å². The smallest absolute Gasteiger partial charge is 0.224 e. The molecule has 22 heavy (non-hydrogen) atoms. The zero-order valence-electron chi connectivity index (χ0n) is 13.1. The number of amides is 1. The third-order valence-electron chi connectivity index (χ3n) is 3.55. The van der Waals surface area contributed by atoms with Crippen molar-refractivity contribution in [2.24, 2.45) is 0 Å². The van der Waals surface area contributed by atoms with Gasteiger partial charge in [0.2, 0.25) is 5.91 Å². The molecule has 116 valence electrons. The fourth-order valence-electron chi connectivity index (χ4n) is 2.30. The second-order valence-corrected chi connectivity index (χ2v) is 5.69. The van der Waals surface area contributed by atoms with E-state index in [2.05, 4.69) is 11.4 Å². The molecule has 2 aromatic rings. The van der Waals surface area contributed by atoms with Gasteiger partial charge in [-0.15, -0.1) is 0 Å². The molecule has 0 fully saturated rings. The molecule has 0 atom stereocenters. The number of ether oxygens (including phenoxy) is 1. The number of aryl methyl sites for hydroxylation is 2. The van der Waals surface area contributed by atoms with Gasteiger partial charge in [0.15, 0.2) is 0 Å². The molecule has 0 aliphatic heterocycles. The topological polar surface area (TPSA) is 38.3 Å².